The zero-order valence-electron chi connectivity index (χ0n) is 26.7. The van der Waals surface area contributed by atoms with Crippen LogP contribution in [0.4, 0.5) is 32.0 Å². The number of carbonyl (C=O) groups excluding carboxylic acids is 3. The quantitative estimate of drug-likeness (QED) is 0.106. The van der Waals surface area contributed by atoms with Gasteiger partial charge in [-0.3, -0.25) is 9.59 Å². The van der Waals surface area contributed by atoms with Crippen molar-refractivity contribution in [2.45, 2.75) is 24.2 Å². The van der Waals surface area contributed by atoms with E-state index in [-0.39, 0.29) is 24.2 Å². The summed E-state index contributed by atoms with van der Waals surface area (Å²) in [4.78, 5) is 39.9. The molecular formula is C39H30F6N2O4. The van der Waals surface area contributed by atoms with Gasteiger partial charge in [0.05, 0.1) is 17.7 Å². The second-order valence-electron chi connectivity index (χ2n) is 11.5. The first-order valence-electron chi connectivity index (χ1n) is 15.6. The van der Waals surface area contributed by atoms with Gasteiger partial charge in [-0.15, -0.1) is 0 Å². The van der Waals surface area contributed by atoms with Crippen molar-refractivity contribution in [3.05, 3.63) is 161 Å². The van der Waals surface area contributed by atoms with E-state index >= 15 is 0 Å². The highest BCUT2D eigenvalue weighted by Gasteiger charge is 2.43. The molecule has 12 heteroatoms. The van der Waals surface area contributed by atoms with E-state index in [0.717, 1.165) is 12.1 Å². The Kier molecular flexibility index (Phi) is 10.9. The third kappa shape index (κ3) is 8.82. The van der Waals surface area contributed by atoms with Gasteiger partial charge in [0.2, 0.25) is 5.91 Å². The predicted octanol–water partition coefficient (Wildman–Crippen LogP) is 8.84. The Morgan fingerprint density at radius 2 is 1.16 bits per heavy atom. The summed E-state index contributed by atoms with van der Waals surface area (Å²) in [5.74, 6) is -2.22. The molecule has 0 saturated carbocycles. The maximum atomic E-state index is 13.6. The van der Waals surface area contributed by atoms with Gasteiger partial charge in [-0.25, -0.2) is 4.79 Å². The van der Waals surface area contributed by atoms with E-state index < -0.39 is 47.7 Å². The van der Waals surface area contributed by atoms with Crippen LogP contribution in [0, 0.1) is 0 Å². The maximum absolute atomic E-state index is 13.6. The van der Waals surface area contributed by atoms with Crippen LogP contribution in [-0.4, -0.2) is 37.1 Å². The number of halogens is 6. The smallest absolute Gasteiger partial charge is 0.416 e. The number of carbonyl (C=O) groups is 3. The van der Waals surface area contributed by atoms with Gasteiger partial charge in [0.1, 0.15) is 12.0 Å². The van der Waals surface area contributed by atoms with Crippen LogP contribution in [0.25, 0.3) is 11.1 Å². The minimum absolute atomic E-state index is 0.102. The van der Waals surface area contributed by atoms with Crippen LogP contribution in [0.15, 0.2) is 133 Å². The van der Waals surface area contributed by atoms with Gasteiger partial charge in [-0.05, 0) is 64.7 Å². The van der Waals surface area contributed by atoms with E-state index in [1.807, 2.05) is 5.32 Å². The highest BCUT2D eigenvalue weighted by molar-refractivity contribution is 6.08. The zero-order chi connectivity index (χ0) is 36.6. The molecule has 262 valence electrons. The summed E-state index contributed by atoms with van der Waals surface area (Å²) in [5, 5.41) is 4.71. The van der Waals surface area contributed by atoms with E-state index in [2.05, 4.69) is 5.32 Å². The fraction of sp³-hybridized carbons (Fsp3) is 0.154. The first-order valence-corrected chi connectivity index (χ1v) is 15.6. The van der Waals surface area contributed by atoms with E-state index in [9.17, 15) is 40.7 Å². The van der Waals surface area contributed by atoms with Crippen molar-refractivity contribution in [2.75, 3.05) is 18.5 Å². The van der Waals surface area contributed by atoms with Gasteiger partial charge in [0, 0.05) is 17.7 Å². The molecular weight excluding hydrogens is 674 g/mol. The summed E-state index contributed by atoms with van der Waals surface area (Å²) in [6, 6.07) is 33.1. The van der Waals surface area contributed by atoms with Crippen molar-refractivity contribution >= 4 is 23.5 Å². The molecule has 0 aromatic heterocycles. The molecule has 5 aromatic rings. The van der Waals surface area contributed by atoms with Crippen LogP contribution >= 0.6 is 0 Å². The molecule has 0 bridgehead atoms. The number of amides is 2. The number of hydrogen-bond acceptors (Lipinski definition) is 4. The monoisotopic (exact) mass is 704 g/mol. The SMILES string of the molecule is O=C(OCCC(C(=O)NCC(F)(F)F)(c1ccccc1)c1ccccc1)c1ccc(NC(=O)c2ccccc2-c2ccc(C(F)(F)F)cc2)cc1. The lowest BCUT2D eigenvalue weighted by Crippen LogP contribution is -2.48. The normalized spacial score (nSPS) is 11.8. The molecule has 5 aromatic carbocycles. The standard InChI is InChI=1S/C39H30F6N2O4/c40-38(41,42)25-46-36(50)37(28-9-3-1-4-10-28,29-11-5-2-6-12-29)23-24-51-35(49)27-17-21-31(22-18-27)47-34(48)33-14-8-7-13-32(33)26-15-19-30(20-16-26)39(43,44)45/h1-22H,23-25H2,(H,46,50)(H,47,48). The lowest BCUT2D eigenvalue weighted by atomic mass is 9.71. The molecule has 0 radical (unpaired) electrons. The molecule has 6 nitrogen and oxygen atoms in total. The van der Waals surface area contributed by atoms with Crippen LogP contribution in [0.3, 0.4) is 0 Å². The molecule has 5 rings (SSSR count). The number of esters is 1. The van der Waals surface area contributed by atoms with E-state index in [1.165, 1.54) is 42.5 Å². The predicted molar refractivity (Wildman–Crippen MR) is 179 cm³/mol. The van der Waals surface area contributed by atoms with Crippen LogP contribution in [0.1, 0.15) is 43.8 Å². The lowest BCUT2D eigenvalue weighted by molar-refractivity contribution is -0.141. The van der Waals surface area contributed by atoms with Crippen molar-refractivity contribution in [1.29, 1.82) is 0 Å². The summed E-state index contributed by atoms with van der Waals surface area (Å²) >= 11 is 0. The van der Waals surface area contributed by atoms with Crippen molar-refractivity contribution in [1.82, 2.24) is 5.32 Å². The summed E-state index contributed by atoms with van der Waals surface area (Å²) in [6.45, 7) is -1.88. The number of ether oxygens (including phenoxy) is 1. The highest BCUT2D eigenvalue weighted by atomic mass is 19.4. The molecule has 2 N–H and O–H groups in total. The van der Waals surface area contributed by atoms with Gasteiger partial charge < -0.3 is 15.4 Å². The number of alkyl halides is 6. The first kappa shape index (κ1) is 36.4. The summed E-state index contributed by atoms with van der Waals surface area (Å²) < 4.78 is 84.0. The average molecular weight is 705 g/mol. The Balaban J connectivity index is 1.29. The highest BCUT2D eigenvalue weighted by Crippen LogP contribution is 2.37. The van der Waals surface area contributed by atoms with Crippen LogP contribution in [0.2, 0.25) is 0 Å². The van der Waals surface area contributed by atoms with Crippen LogP contribution < -0.4 is 10.6 Å². The number of benzene rings is 5. The molecule has 0 fully saturated rings. The molecule has 0 spiro atoms. The van der Waals surface area contributed by atoms with Gasteiger partial charge in [-0.1, -0.05) is 91.0 Å². The molecule has 0 saturated heterocycles. The number of nitrogens with one attached hydrogen (secondary N) is 2. The molecule has 51 heavy (non-hydrogen) atoms. The molecule has 0 aliphatic heterocycles. The van der Waals surface area contributed by atoms with Gasteiger partial charge in [0.25, 0.3) is 5.91 Å². The van der Waals surface area contributed by atoms with E-state index in [4.69, 9.17) is 4.74 Å². The molecule has 0 atom stereocenters. The Bertz CT molecular complexity index is 1920. The number of rotatable bonds is 11. The topological polar surface area (TPSA) is 84.5 Å². The molecule has 2 amide bonds. The first-order chi connectivity index (χ1) is 24.3. The summed E-state index contributed by atoms with van der Waals surface area (Å²) in [5.41, 5.74) is -0.175. The summed E-state index contributed by atoms with van der Waals surface area (Å²) in [6.07, 6.45) is -9.33. The minimum atomic E-state index is -4.65. The Morgan fingerprint density at radius 3 is 1.71 bits per heavy atom. The van der Waals surface area contributed by atoms with Crippen LogP contribution in [0.5, 0.6) is 0 Å². The molecule has 0 unspecified atom stereocenters. The van der Waals surface area contributed by atoms with Crippen molar-refractivity contribution in [3.8, 4) is 11.1 Å². The molecule has 0 aliphatic rings. The fourth-order valence-electron chi connectivity index (χ4n) is 5.65. The van der Waals surface area contributed by atoms with Crippen molar-refractivity contribution in [3.63, 3.8) is 0 Å². The van der Waals surface area contributed by atoms with E-state index in [1.54, 1.807) is 78.9 Å². The van der Waals surface area contributed by atoms with E-state index in [0.29, 0.717) is 27.9 Å². The summed E-state index contributed by atoms with van der Waals surface area (Å²) in [7, 11) is 0. The third-order valence-electron chi connectivity index (χ3n) is 8.15. The average Bonchev–Trinajstić information content (AvgIpc) is 3.13. The minimum Gasteiger partial charge on any atom is -0.462 e. The second kappa shape index (κ2) is 15.3. The second-order valence-corrected chi connectivity index (χ2v) is 11.5. The lowest BCUT2D eigenvalue weighted by Gasteiger charge is -2.34. The van der Waals surface area contributed by atoms with Crippen molar-refractivity contribution in [2.24, 2.45) is 0 Å². The van der Waals surface area contributed by atoms with Gasteiger partial charge >= 0.3 is 18.3 Å². The van der Waals surface area contributed by atoms with Gasteiger partial charge in [-0.2, -0.15) is 26.3 Å². The largest absolute Gasteiger partial charge is 0.462 e. The molecule has 0 aliphatic carbocycles. The fourth-order valence-corrected chi connectivity index (χ4v) is 5.65. The maximum Gasteiger partial charge on any atom is 0.416 e. The Hall–Kier alpha value is -5.91. The third-order valence-corrected chi connectivity index (χ3v) is 8.15. The van der Waals surface area contributed by atoms with Gasteiger partial charge in [0.15, 0.2) is 0 Å². The Labute approximate surface area is 289 Å². The van der Waals surface area contributed by atoms with Crippen LogP contribution in [-0.2, 0) is 21.1 Å². The molecule has 0 heterocycles. The van der Waals surface area contributed by atoms with Crippen molar-refractivity contribution < 1.29 is 45.5 Å². The number of anilines is 1. The zero-order valence-corrected chi connectivity index (χ0v) is 26.7. The Morgan fingerprint density at radius 1 is 0.608 bits per heavy atom. The number of hydrogen-bond donors (Lipinski definition) is 2.